The monoisotopic (exact) mass is 230 g/mol. The van der Waals surface area contributed by atoms with Crippen molar-refractivity contribution in [1.82, 2.24) is 0 Å². The maximum absolute atomic E-state index is 13.7. The van der Waals surface area contributed by atoms with Gasteiger partial charge in [0.05, 0.1) is 0 Å². The van der Waals surface area contributed by atoms with Gasteiger partial charge in [-0.25, -0.2) is 4.39 Å². The molecule has 0 aliphatic heterocycles. The molecule has 1 rings (SSSR count). The minimum atomic E-state index is -0.117. The predicted octanol–water partition coefficient (Wildman–Crippen LogP) is 4.79. The highest BCUT2D eigenvalue weighted by Crippen LogP contribution is 2.18. The maximum Gasteiger partial charge on any atom is 0.126 e. The lowest BCUT2D eigenvalue weighted by Gasteiger charge is -2.07. The lowest BCUT2D eigenvalue weighted by molar-refractivity contribution is 0.610. The maximum atomic E-state index is 13.7. The van der Waals surface area contributed by atoms with Gasteiger partial charge in [0.25, 0.3) is 0 Å². The average molecular weight is 230 g/mol. The number of allylic oxidation sites excluding steroid dienone is 5. The summed E-state index contributed by atoms with van der Waals surface area (Å²) in [6.45, 7) is 7.70. The van der Waals surface area contributed by atoms with Gasteiger partial charge in [0.1, 0.15) is 5.82 Å². The first-order valence-corrected chi connectivity index (χ1v) is 5.87. The summed E-state index contributed by atoms with van der Waals surface area (Å²) in [6, 6.07) is 5.50. The molecule has 0 radical (unpaired) electrons. The molecule has 1 heteroatoms. The zero-order valence-electron chi connectivity index (χ0n) is 10.5. The fourth-order valence-corrected chi connectivity index (χ4v) is 1.50. The summed E-state index contributed by atoms with van der Waals surface area (Å²) < 4.78 is 13.7. The molecule has 0 aliphatic rings. The van der Waals surface area contributed by atoms with Crippen LogP contribution in [0.25, 0.3) is 0 Å². The van der Waals surface area contributed by atoms with Crippen molar-refractivity contribution in [2.45, 2.75) is 26.2 Å². The summed E-state index contributed by atoms with van der Waals surface area (Å²) in [4.78, 5) is 0. The Labute approximate surface area is 103 Å². The fourth-order valence-electron chi connectivity index (χ4n) is 1.50. The van der Waals surface area contributed by atoms with Crippen molar-refractivity contribution < 1.29 is 4.39 Å². The van der Waals surface area contributed by atoms with Gasteiger partial charge in [0.2, 0.25) is 0 Å². The number of halogens is 1. The SMILES string of the molecule is C=C/C=C\C=C/Cc1ccc(C(C)C)cc1F. The molecule has 0 heterocycles. The average Bonchev–Trinajstić information content (AvgIpc) is 2.30. The Kier molecular flexibility index (Phi) is 5.41. The van der Waals surface area contributed by atoms with E-state index in [-0.39, 0.29) is 5.82 Å². The van der Waals surface area contributed by atoms with Crippen molar-refractivity contribution in [2.24, 2.45) is 0 Å². The van der Waals surface area contributed by atoms with Crippen molar-refractivity contribution in [3.05, 3.63) is 72.1 Å². The molecule has 0 spiro atoms. The summed E-state index contributed by atoms with van der Waals surface area (Å²) >= 11 is 0. The van der Waals surface area contributed by atoms with Crippen LogP contribution in [0.2, 0.25) is 0 Å². The fraction of sp³-hybridized carbons (Fsp3) is 0.250. The van der Waals surface area contributed by atoms with Gasteiger partial charge < -0.3 is 0 Å². The van der Waals surface area contributed by atoms with E-state index < -0.39 is 0 Å². The molecule has 0 bridgehead atoms. The third-order valence-electron chi connectivity index (χ3n) is 2.58. The number of rotatable bonds is 5. The van der Waals surface area contributed by atoms with Crippen LogP contribution in [0.4, 0.5) is 4.39 Å². The summed E-state index contributed by atoms with van der Waals surface area (Å²) in [5.74, 6) is 0.248. The molecule has 0 aromatic heterocycles. The van der Waals surface area contributed by atoms with Crippen LogP contribution < -0.4 is 0 Å². The van der Waals surface area contributed by atoms with Crippen LogP contribution in [0.15, 0.2) is 55.2 Å². The van der Waals surface area contributed by atoms with Crippen molar-refractivity contribution in [1.29, 1.82) is 0 Å². The Bertz CT molecular complexity index is 425. The van der Waals surface area contributed by atoms with Gasteiger partial charge in [-0.15, -0.1) is 0 Å². The molecule has 0 N–H and O–H groups in total. The standard InChI is InChI=1S/C16H19F/c1-4-5-6-7-8-9-14-10-11-15(13(2)3)12-16(14)17/h4-8,10-13H,1,9H2,2-3H3/b6-5-,8-7-. The van der Waals surface area contributed by atoms with Crippen LogP contribution in [0.1, 0.15) is 30.9 Å². The molecule has 0 saturated carbocycles. The molecule has 90 valence electrons. The highest BCUT2D eigenvalue weighted by atomic mass is 19.1. The van der Waals surface area contributed by atoms with E-state index >= 15 is 0 Å². The molecule has 0 amide bonds. The summed E-state index contributed by atoms with van der Waals surface area (Å²) in [7, 11) is 0. The Hall–Kier alpha value is -1.63. The topological polar surface area (TPSA) is 0 Å². The second kappa shape index (κ2) is 6.85. The van der Waals surface area contributed by atoms with E-state index in [0.29, 0.717) is 12.3 Å². The summed E-state index contributed by atoms with van der Waals surface area (Å²) in [5.41, 5.74) is 1.78. The Morgan fingerprint density at radius 1 is 1.24 bits per heavy atom. The lowest BCUT2D eigenvalue weighted by Crippen LogP contribution is -1.93. The smallest absolute Gasteiger partial charge is 0.126 e. The third kappa shape index (κ3) is 4.39. The molecular formula is C16H19F. The Morgan fingerprint density at radius 3 is 2.59 bits per heavy atom. The van der Waals surface area contributed by atoms with Crippen LogP contribution >= 0.6 is 0 Å². The van der Waals surface area contributed by atoms with Gasteiger partial charge in [0, 0.05) is 0 Å². The third-order valence-corrected chi connectivity index (χ3v) is 2.58. The van der Waals surface area contributed by atoms with Crippen LogP contribution in [-0.2, 0) is 6.42 Å². The number of benzene rings is 1. The Morgan fingerprint density at radius 2 is 2.00 bits per heavy atom. The van der Waals surface area contributed by atoms with E-state index in [1.54, 1.807) is 12.1 Å². The predicted molar refractivity (Wildman–Crippen MR) is 72.7 cm³/mol. The highest BCUT2D eigenvalue weighted by Gasteiger charge is 2.04. The van der Waals surface area contributed by atoms with E-state index in [0.717, 1.165) is 11.1 Å². The molecule has 17 heavy (non-hydrogen) atoms. The van der Waals surface area contributed by atoms with Gasteiger partial charge in [-0.2, -0.15) is 0 Å². The van der Waals surface area contributed by atoms with E-state index in [1.165, 1.54) is 0 Å². The number of hydrogen-bond donors (Lipinski definition) is 0. The summed E-state index contributed by atoms with van der Waals surface area (Å²) in [6.07, 6.45) is 9.89. The first kappa shape index (κ1) is 13.4. The van der Waals surface area contributed by atoms with Crippen LogP contribution in [-0.4, -0.2) is 0 Å². The summed E-state index contributed by atoms with van der Waals surface area (Å²) in [5, 5.41) is 0. The van der Waals surface area contributed by atoms with E-state index in [9.17, 15) is 4.39 Å². The molecular weight excluding hydrogens is 211 g/mol. The van der Waals surface area contributed by atoms with Crippen molar-refractivity contribution in [2.75, 3.05) is 0 Å². The number of hydrogen-bond acceptors (Lipinski definition) is 0. The van der Waals surface area contributed by atoms with Gasteiger partial charge >= 0.3 is 0 Å². The first-order valence-electron chi connectivity index (χ1n) is 5.87. The van der Waals surface area contributed by atoms with Gasteiger partial charge in [0.15, 0.2) is 0 Å². The van der Waals surface area contributed by atoms with Gasteiger partial charge in [-0.05, 0) is 29.5 Å². The van der Waals surface area contributed by atoms with Crippen LogP contribution in [0, 0.1) is 5.82 Å². The molecule has 0 unspecified atom stereocenters. The minimum absolute atomic E-state index is 0.117. The lowest BCUT2D eigenvalue weighted by atomic mass is 10.0. The molecule has 1 aromatic rings. The van der Waals surface area contributed by atoms with Crippen molar-refractivity contribution in [3.8, 4) is 0 Å². The minimum Gasteiger partial charge on any atom is -0.207 e. The van der Waals surface area contributed by atoms with Crippen molar-refractivity contribution in [3.63, 3.8) is 0 Å². The molecule has 0 saturated heterocycles. The second-order valence-corrected chi connectivity index (χ2v) is 4.26. The zero-order chi connectivity index (χ0) is 12.7. The van der Waals surface area contributed by atoms with Gasteiger partial charge in [-0.3, -0.25) is 0 Å². The highest BCUT2D eigenvalue weighted by molar-refractivity contribution is 5.28. The molecule has 0 atom stereocenters. The van der Waals surface area contributed by atoms with E-state index in [4.69, 9.17) is 0 Å². The van der Waals surface area contributed by atoms with Gasteiger partial charge in [-0.1, -0.05) is 62.9 Å². The van der Waals surface area contributed by atoms with Crippen molar-refractivity contribution >= 4 is 0 Å². The van der Waals surface area contributed by atoms with Crippen LogP contribution in [0.3, 0.4) is 0 Å². The zero-order valence-corrected chi connectivity index (χ0v) is 10.5. The van der Waals surface area contributed by atoms with E-state index in [2.05, 4.69) is 20.4 Å². The van der Waals surface area contributed by atoms with Crippen LogP contribution in [0.5, 0.6) is 0 Å². The molecule has 0 aliphatic carbocycles. The molecule has 0 fully saturated rings. The molecule has 0 nitrogen and oxygen atoms in total. The first-order chi connectivity index (χ1) is 8.15. The normalized spacial score (nSPS) is 11.8. The second-order valence-electron chi connectivity index (χ2n) is 4.26. The Balaban J connectivity index is 2.69. The largest absolute Gasteiger partial charge is 0.207 e. The quantitative estimate of drug-likeness (QED) is 0.638. The molecule has 1 aromatic carbocycles. The van der Waals surface area contributed by atoms with E-state index in [1.807, 2.05) is 36.4 Å².